The summed E-state index contributed by atoms with van der Waals surface area (Å²) >= 11 is 0. The van der Waals surface area contributed by atoms with Crippen LogP contribution in [0, 0.1) is 6.92 Å². The van der Waals surface area contributed by atoms with Crippen molar-refractivity contribution in [3.8, 4) is 11.5 Å². The van der Waals surface area contributed by atoms with Gasteiger partial charge in [0.25, 0.3) is 0 Å². The molecule has 0 aliphatic rings. The van der Waals surface area contributed by atoms with Crippen molar-refractivity contribution in [1.29, 1.82) is 0 Å². The molecule has 0 aliphatic carbocycles. The first-order valence-corrected chi connectivity index (χ1v) is 5.16. The Morgan fingerprint density at radius 2 is 1.65 bits per heavy atom. The molecule has 0 amide bonds. The smallest absolute Gasteiger partial charge is 0.186 e. The van der Waals surface area contributed by atoms with Gasteiger partial charge in [0.1, 0.15) is 0 Å². The third kappa shape index (κ3) is 1.51. The summed E-state index contributed by atoms with van der Waals surface area (Å²) in [6, 6.07) is 1.82. The van der Waals surface area contributed by atoms with Crippen LogP contribution >= 0.6 is 0 Å². The number of benzene rings is 1. The van der Waals surface area contributed by atoms with Gasteiger partial charge in [-0.2, -0.15) is 0 Å². The fraction of sp³-hybridized carbons (Fsp3) is 0.250. The lowest BCUT2D eigenvalue weighted by molar-refractivity contribution is 0.359. The van der Waals surface area contributed by atoms with E-state index in [0.717, 1.165) is 16.5 Å². The van der Waals surface area contributed by atoms with Crippen LogP contribution in [0.2, 0.25) is 0 Å². The lowest BCUT2D eigenvalue weighted by atomic mass is 10.0. The van der Waals surface area contributed by atoms with E-state index < -0.39 is 0 Å². The van der Waals surface area contributed by atoms with Crippen LogP contribution in [0.15, 0.2) is 12.3 Å². The average Bonchev–Trinajstić information content (AvgIpc) is 2.33. The normalized spacial score (nSPS) is 10.5. The van der Waals surface area contributed by atoms with E-state index >= 15 is 0 Å². The van der Waals surface area contributed by atoms with E-state index in [2.05, 4.69) is 4.98 Å². The van der Waals surface area contributed by atoms with Crippen LogP contribution in [0.4, 0.5) is 11.4 Å². The first kappa shape index (κ1) is 11.3. The van der Waals surface area contributed by atoms with Gasteiger partial charge in [-0.3, -0.25) is 4.98 Å². The molecule has 0 spiro atoms. The van der Waals surface area contributed by atoms with E-state index in [1.54, 1.807) is 6.20 Å². The predicted molar refractivity (Wildman–Crippen MR) is 68.4 cm³/mol. The van der Waals surface area contributed by atoms with Gasteiger partial charge in [-0.1, -0.05) is 0 Å². The monoisotopic (exact) mass is 233 g/mol. The minimum Gasteiger partial charge on any atom is -0.491 e. The van der Waals surface area contributed by atoms with Crippen molar-refractivity contribution in [2.45, 2.75) is 6.92 Å². The van der Waals surface area contributed by atoms with Crippen LogP contribution < -0.4 is 20.9 Å². The number of rotatable bonds is 2. The van der Waals surface area contributed by atoms with Gasteiger partial charge in [0.15, 0.2) is 11.5 Å². The quantitative estimate of drug-likeness (QED) is 0.772. The highest BCUT2D eigenvalue weighted by Crippen LogP contribution is 2.45. The largest absolute Gasteiger partial charge is 0.491 e. The highest BCUT2D eigenvalue weighted by Gasteiger charge is 2.18. The van der Waals surface area contributed by atoms with E-state index in [1.807, 2.05) is 13.0 Å². The molecule has 2 aromatic rings. The zero-order chi connectivity index (χ0) is 12.6. The lowest BCUT2D eigenvalue weighted by Gasteiger charge is -2.16. The first-order valence-electron chi connectivity index (χ1n) is 5.16. The van der Waals surface area contributed by atoms with E-state index in [1.165, 1.54) is 14.2 Å². The molecule has 0 unspecified atom stereocenters. The fourth-order valence-corrected chi connectivity index (χ4v) is 2.02. The second-order valence-corrected chi connectivity index (χ2v) is 3.71. The maximum Gasteiger partial charge on any atom is 0.186 e. The molecular formula is C12H15N3O2. The number of pyridine rings is 1. The fourth-order valence-electron chi connectivity index (χ4n) is 2.02. The van der Waals surface area contributed by atoms with Gasteiger partial charge >= 0.3 is 0 Å². The second kappa shape index (κ2) is 4.01. The van der Waals surface area contributed by atoms with Gasteiger partial charge in [0.2, 0.25) is 0 Å². The minimum atomic E-state index is 0.452. The number of ether oxygens (including phenoxy) is 2. The number of fused-ring (bicyclic) bond motifs is 1. The summed E-state index contributed by atoms with van der Waals surface area (Å²) in [7, 11) is 3.07. The van der Waals surface area contributed by atoms with Crippen LogP contribution in [0.3, 0.4) is 0 Å². The number of aromatic nitrogens is 1. The van der Waals surface area contributed by atoms with Crippen LogP contribution in [0.1, 0.15) is 5.69 Å². The van der Waals surface area contributed by atoms with Crippen molar-refractivity contribution in [3.05, 3.63) is 18.0 Å². The molecule has 0 radical (unpaired) electrons. The zero-order valence-corrected chi connectivity index (χ0v) is 10.1. The zero-order valence-electron chi connectivity index (χ0n) is 10.1. The van der Waals surface area contributed by atoms with E-state index in [9.17, 15) is 0 Å². The summed E-state index contributed by atoms with van der Waals surface area (Å²) in [4.78, 5) is 4.21. The molecular weight excluding hydrogens is 218 g/mol. The number of nitrogens with two attached hydrogens (primary N) is 2. The summed E-state index contributed by atoms with van der Waals surface area (Å²) in [5, 5.41) is 1.63. The Morgan fingerprint density at radius 1 is 1.06 bits per heavy atom. The molecule has 1 heterocycles. The van der Waals surface area contributed by atoms with Crippen LogP contribution in [-0.2, 0) is 0 Å². The molecule has 2 rings (SSSR count). The van der Waals surface area contributed by atoms with Gasteiger partial charge in [-0.15, -0.1) is 0 Å². The number of hydrogen-bond acceptors (Lipinski definition) is 5. The molecule has 1 aromatic carbocycles. The van der Waals surface area contributed by atoms with Crippen LogP contribution in [-0.4, -0.2) is 19.2 Å². The molecule has 4 N–H and O–H groups in total. The first-order chi connectivity index (χ1) is 8.11. The number of nitrogens with zero attached hydrogens (tertiary/aromatic N) is 1. The summed E-state index contributed by atoms with van der Waals surface area (Å²) in [5.74, 6) is 0.914. The van der Waals surface area contributed by atoms with Gasteiger partial charge < -0.3 is 20.9 Å². The number of nitrogen functional groups attached to an aromatic ring is 2. The number of hydrogen-bond donors (Lipinski definition) is 2. The molecule has 17 heavy (non-hydrogen) atoms. The van der Waals surface area contributed by atoms with Crippen LogP contribution in [0.25, 0.3) is 10.8 Å². The van der Waals surface area contributed by atoms with Gasteiger partial charge in [-0.25, -0.2) is 0 Å². The van der Waals surface area contributed by atoms with Gasteiger partial charge in [-0.05, 0) is 13.0 Å². The predicted octanol–water partition coefficient (Wildman–Crippen LogP) is 1.72. The maximum atomic E-state index is 6.08. The topological polar surface area (TPSA) is 83.4 Å². The summed E-state index contributed by atoms with van der Waals surface area (Å²) in [6.07, 6.45) is 1.69. The Hall–Kier alpha value is -2.17. The highest BCUT2D eigenvalue weighted by molar-refractivity contribution is 6.07. The Balaban J connectivity index is 2.99. The number of anilines is 2. The Morgan fingerprint density at radius 3 is 2.24 bits per heavy atom. The molecule has 0 saturated carbocycles. The van der Waals surface area contributed by atoms with E-state index in [4.69, 9.17) is 20.9 Å². The third-order valence-electron chi connectivity index (χ3n) is 2.80. The van der Waals surface area contributed by atoms with Crippen molar-refractivity contribution in [2.75, 3.05) is 25.7 Å². The number of aryl methyl sites for hydroxylation is 1. The molecule has 0 fully saturated rings. The summed E-state index contributed by atoms with van der Waals surface area (Å²) < 4.78 is 10.5. The molecule has 90 valence electrons. The molecule has 0 aliphatic heterocycles. The SMILES string of the molecule is COc1c(OC)c(N)c2c(C)nccc2c1N. The Bertz CT molecular complexity index is 582. The second-order valence-electron chi connectivity index (χ2n) is 3.71. The van der Waals surface area contributed by atoms with Gasteiger partial charge in [0, 0.05) is 22.7 Å². The molecule has 5 nitrogen and oxygen atoms in total. The average molecular weight is 233 g/mol. The van der Waals surface area contributed by atoms with E-state index in [0.29, 0.717) is 22.9 Å². The van der Waals surface area contributed by atoms with E-state index in [-0.39, 0.29) is 0 Å². The summed E-state index contributed by atoms with van der Waals surface area (Å²) in [6.45, 7) is 1.88. The van der Waals surface area contributed by atoms with Crippen LogP contribution in [0.5, 0.6) is 11.5 Å². The van der Waals surface area contributed by atoms with Crippen molar-refractivity contribution in [2.24, 2.45) is 0 Å². The summed E-state index contributed by atoms with van der Waals surface area (Å²) in [5.41, 5.74) is 14.0. The molecule has 5 heteroatoms. The Kier molecular flexibility index (Phi) is 2.67. The third-order valence-corrected chi connectivity index (χ3v) is 2.80. The lowest BCUT2D eigenvalue weighted by Crippen LogP contribution is -2.03. The maximum absolute atomic E-state index is 6.08. The minimum absolute atomic E-state index is 0.452. The highest BCUT2D eigenvalue weighted by atomic mass is 16.5. The van der Waals surface area contributed by atoms with Gasteiger partial charge in [0.05, 0.1) is 25.6 Å². The molecule has 0 bridgehead atoms. The Labute approximate surface area is 99.3 Å². The molecule has 1 aromatic heterocycles. The van der Waals surface area contributed by atoms with Crippen molar-refractivity contribution >= 4 is 22.1 Å². The standard InChI is InChI=1S/C12H15N3O2/c1-6-8-7(4-5-15-6)9(13)11(16-2)12(17-3)10(8)14/h4-5H,13-14H2,1-3H3. The van der Waals surface area contributed by atoms with Crippen molar-refractivity contribution in [1.82, 2.24) is 4.98 Å². The van der Waals surface area contributed by atoms with Crippen molar-refractivity contribution < 1.29 is 9.47 Å². The molecule has 0 saturated heterocycles. The molecule has 0 atom stereocenters. The number of methoxy groups -OCH3 is 2. The van der Waals surface area contributed by atoms with Crippen molar-refractivity contribution in [3.63, 3.8) is 0 Å².